The number of aliphatic hydroxyl groups is 5. The van der Waals surface area contributed by atoms with Crippen LogP contribution >= 0.6 is 7.82 Å². The highest BCUT2D eigenvalue weighted by atomic mass is 31.2. The molecule has 7 N–H and O–H groups in total. The van der Waals surface area contributed by atoms with E-state index in [-0.39, 0.29) is 0 Å². The summed E-state index contributed by atoms with van der Waals surface area (Å²) >= 11 is 0. The molecule has 0 saturated carbocycles. The molecule has 9 nitrogen and oxygen atoms in total. The predicted octanol–water partition coefficient (Wildman–Crippen LogP) is -3.47. The zero-order chi connectivity index (χ0) is 12.9. The summed E-state index contributed by atoms with van der Waals surface area (Å²) in [5, 5.41) is 44.8. The topological polar surface area (TPSA) is 168 Å². The summed E-state index contributed by atoms with van der Waals surface area (Å²) in [6.45, 7) is -1.77. The van der Waals surface area contributed by atoms with Gasteiger partial charge in [-0.25, -0.2) is 4.57 Å². The van der Waals surface area contributed by atoms with Crippen LogP contribution in [-0.2, 0) is 9.09 Å². The van der Waals surface area contributed by atoms with Crippen LogP contribution in [0.25, 0.3) is 0 Å². The van der Waals surface area contributed by atoms with Crippen molar-refractivity contribution in [3.8, 4) is 0 Å². The molecule has 0 unspecified atom stereocenters. The van der Waals surface area contributed by atoms with Crippen molar-refractivity contribution in [3.63, 3.8) is 0 Å². The van der Waals surface area contributed by atoms with Crippen molar-refractivity contribution in [2.75, 3.05) is 13.2 Å². The summed E-state index contributed by atoms with van der Waals surface area (Å²) in [4.78, 5) is 16.6. The Labute approximate surface area is 90.8 Å². The minimum atomic E-state index is -4.78. The van der Waals surface area contributed by atoms with E-state index in [1.165, 1.54) is 0 Å². The Kier molecular flexibility index (Phi) is 6.56. The highest BCUT2D eigenvalue weighted by molar-refractivity contribution is 7.46. The Bertz CT molecular complexity index is 240. The van der Waals surface area contributed by atoms with Crippen LogP contribution < -0.4 is 0 Å². The van der Waals surface area contributed by atoms with Gasteiger partial charge in [-0.3, -0.25) is 4.52 Å². The van der Waals surface area contributed by atoms with Gasteiger partial charge in [-0.05, 0) is 0 Å². The van der Waals surface area contributed by atoms with Crippen molar-refractivity contribution in [1.29, 1.82) is 0 Å². The van der Waals surface area contributed by atoms with Crippen molar-refractivity contribution >= 4 is 7.82 Å². The van der Waals surface area contributed by atoms with Gasteiger partial charge in [-0.1, -0.05) is 0 Å². The molecule has 16 heavy (non-hydrogen) atoms. The molecule has 0 radical (unpaired) electrons. The molecule has 0 heterocycles. The average Bonchev–Trinajstić information content (AvgIpc) is 2.21. The molecular weight excluding hydrogens is 247 g/mol. The molecule has 4 atom stereocenters. The third-order valence-electron chi connectivity index (χ3n) is 1.74. The van der Waals surface area contributed by atoms with Crippen LogP contribution in [0.15, 0.2) is 0 Å². The van der Waals surface area contributed by atoms with Crippen LogP contribution in [0.1, 0.15) is 0 Å². The molecule has 0 bridgehead atoms. The summed E-state index contributed by atoms with van der Waals surface area (Å²) in [7, 11) is -4.78. The predicted molar refractivity (Wildman–Crippen MR) is 49.1 cm³/mol. The zero-order valence-corrected chi connectivity index (χ0v) is 9.01. The van der Waals surface area contributed by atoms with Crippen LogP contribution in [0.3, 0.4) is 0 Å². The Morgan fingerprint density at radius 2 is 1.44 bits per heavy atom. The first kappa shape index (κ1) is 15.9. The molecule has 0 aliphatic heterocycles. The molecule has 0 aliphatic rings. The van der Waals surface area contributed by atoms with Crippen molar-refractivity contribution < 1.29 is 44.4 Å². The van der Waals surface area contributed by atoms with Crippen LogP contribution in [0.5, 0.6) is 0 Å². The first-order valence-corrected chi connectivity index (χ1v) is 5.75. The molecule has 0 rings (SSSR count). The van der Waals surface area contributed by atoms with E-state index in [0.29, 0.717) is 0 Å². The fourth-order valence-corrected chi connectivity index (χ4v) is 1.18. The molecular formula is C6H15O9P. The second-order valence-corrected chi connectivity index (χ2v) is 4.32. The smallest absolute Gasteiger partial charge is 0.394 e. The lowest BCUT2D eigenvalue weighted by atomic mass is 10.0. The van der Waals surface area contributed by atoms with Crippen LogP contribution in [0.2, 0.25) is 0 Å². The van der Waals surface area contributed by atoms with Gasteiger partial charge in [0.25, 0.3) is 0 Å². The highest BCUT2D eigenvalue weighted by Crippen LogP contribution is 2.35. The normalized spacial score (nSPS) is 20.2. The lowest BCUT2D eigenvalue weighted by Gasteiger charge is -2.25. The summed E-state index contributed by atoms with van der Waals surface area (Å²) in [5.74, 6) is 0. The average molecular weight is 262 g/mol. The van der Waals surface area contributed by atoms with E-state index >= 15 is 0 Å². The number of hydrogen-bond donors (Lipinski definition) is 7. The van der Waals surface area contributed by atoms with E-state index in [9.17, 15) is 9.67 Å². The second-order valence-electron chi connectivity index (χ2n) is 3.08. The molecule has 0 aromatic heterocycles. The number of aliphatic hydroxyl groups excluding tert-OH is 5. The van der Waals surface area contributed by atoms with Gasteiger partial charge in [0, 0.05) is 0 Å². The number of rotatable bonds is 7. The standard InChI is InChI=1S/C6H15O9P/c7-1-3(8)5(10)6(11)4(9)2-15-16(12,13)14/h3-11H,1-2H2,(H2,12,13,14)/t3-,4-,5-,6+/m1/s1. The van der Waals surface area contributed by atoms with Gasteiger partial charge in [-0.15, -0.1) is 0 Å². The van der Waals surface area contributed by atoms with Crippen molar-refractivity contribution in [3.05, 3.63) is 0 Å². The van der Waals surface area contributed by atoms with Crippen molar-refractivity contribution in [1.82, 2.24) is 0 Å². The minimum Gasteiger partial charge on any atom is -0.394 e. The second kappa shape index (κ2) is 6.60. The van der Waals surface area contributed by atoms with Crippen LogP contribution in [-0.4, -0.2) is 72.9 Å². The van der Waals surface area contributed by atoms with E-state index in [1.807, 2.05) is 0 Å². The van der Waals surface area contributed by atoms with Gasteiger partial charge in [-0.2, -0.15) is 0 Å². The number of hydrogen-bond acceptors (Lipinski definition) is 7. The van der Waals surface area contributed by atoms with E-state index in [2.05, 4.69) is 4.52 Å². The minimum absolute atomic E-state index is 0.843. The third kappa shape index (κ3) is 5.85. The summed E-state index contributed by atoms with van der Waals surface area (Å²) in [5.41, 5.74) is 0. The molecule has 0 spiro atoms. The fraction of sp³-hybridized carbons (Fsp3) is 1.00. The van der Waals surface area contributed by atoms with Crippen molar-refractivity contribution in [2.24, 2.45) is 0 Å². The molecule has 0 amide bonds. The number of phosphoric ester groups is 1. The molecule has 10 heteroatoms. The first-order chi connectivity index (χ1) is 7.19. The molecule has 0 fully saturated rings. The lowest BCUT2D eigenvalue weighted by Crippen LogP contribution is -2.47. The third-order valence-corrected chi connectivity index (χ3v) is 2.22. The maximum atomic E-state index is 10.2. The highest BCUT2D eigenvalue weighted by Gasteiger charge is 2.31. The first-order valence-electron chi connectivity index (χ1n) is 4.22. The summed E-state index contributed by atoms with van der Waals surface area (Å²) in [6, 6.07) is 0. The van der Waals surface area contributed by atoms with Crippen LogP contribution in [0.4, 0.5) is 0 Å². The van der Waals surface area contributed by atoms with Crippen molar-refractivity contribution in [2.45, 2.75) is 24.4 Å². The van der Waals surface area contributed by atoms with Gasteiger partial charge in [0.15, 0.2) is 0 Å². The monoisotopic (exact) mass is 262 g/mol. The molecule has 0 saturated heterocycles. The van der Waals surface area contributed by atoms with E-state index in [0.717, 1.165) is 0 Å². The molecule has 0 aliphatic carbocycles. The zero-order valence-electron chi connectivity index (χ0n) is 8.12. The van der Waals surface area contributed by atoms with Gasteiger partial charge in [0.2, 0.25) is 0 Å². The van der Waals surface area contributed by atoms with Crippen LogP contribution in [0, 0.1) is 0 Å². The SMILES string of the molecule is O=P(O)(O)OC[C@@H](O)[C@H](O)[C@H](O)[C@H](O)CO. The lowest BCUT2D eigenvalue weighted by molar-refractivity contribution is -0.122. The maximum Gasteiger partial charge on any atom is 0.469 e. The quantitative estimate of drug-likeness (QED) is 0.230. The van der Waals surface area contributed by atoms with E-state index < -0.39 is 45.5 Å². The summed E-state index contributed by atoms with van der Waals surface area (Å²) in [6.07, 6.45) is -7.27. The van der Waals surface area contributed by atoms with Gasteiger partial charge in [0.05, 0.1) is 13.2 Å². The van der Waals surface area contributed by atoms with E-state index in [4.69, 9.17) is 30.2 Å². The van der Waals surface area contributed by atoms with Gasteiger partial charge in [0.1, 0.15) is 24.4 Å². The summed E-state index contributed by atoms with van der Waals surface area (Å²) < 4.78 is 14.1. The van der Waals surface area contributed by atoms with Gasteiger partial charge < -0.3 is 35.3 Å². The Hall–Kier alpha value is -0.0900. The number of phosphoric acid groups is 1. The molecule has 0 aromatic carbocycles. The molecule has 98 valence electrons. The molecule has 0 aromatic rings. The largest absolute Gasteiger partial charge is 0.469 e. The Morgan fingerprint density at radius 3 is 1.81 bits per heavy atom. The Balaban J connectivity index is 4.17. The van der Waals surface area contributed by atoms with E-state index in [1.54, 1.807) is 0 Å². The van der Waals surface area contributed by atoms with Gasteiger partial charge >= 0.3 is 7.82 Å². The maximum absolute atomic E-state index is 10.2. The Morgan fingerprint density at radius 1 is 1.00 bits per heavy atom. The fourth-order valence-electron chi connectivity index (χ4n) is 0.835.